The van der Waals surface area contributed by atoms with Gasteiger partial charge in [0.25, 0.3) is 0 Å². The largest absolute Gasteiger partial charge is 0.382 e. The van der Waals surface area contributed by atoms with Crippen LogP contribution in [0.15, 0.2) is 29.2 Å². The molecule has 0 spiro atoms. The lowest BCUT2D eigenvalue weighted by Gasteiger charge is -2.19. The van der Waals surface area contributed by atoms with Crippen LogP contribution in [0.3, 0.4) is 0 Å². The molecule has 1 N–H and O–H groups in total. The zero-order chi connectivity index (χ0) is 14.2. The molecule has 1 aromatic rings. The van der Waals surface area contributed by atoms with Crippen LogP contribution in [0.1, 0.15) is 65.2 Å². The highest BCUT2D eigenvalue weighted by Gasteiger charge is 2.17. The maximum absolute atomic E-state index is 3.72. The Hall–Kier alpha value is -0.630. The van der Waals surface area contributed by atoms with Gasteiger partial charge in [-0.3, -0.25) is 0 Å². The lowest BCUT2D eigenvalue weighted by atomic mass is 10.1. The molecule has 2 heteroatoms. The first kappa shape index (κ1) is 15.8. The van der Waals surface area contributed by atoms with Crippen LogP contribution in [0.4, 0.5) is 5.69 Å². The molecule has 0 radical (unpaired) electrons. The van der Waals surface area contributed by atoms with Crippen molar-refractivity contribution in [1.29, 1.82) is 0 Å². The molecule has 1 saturated carbocycles. The molecule has 1 nitrogen and oxygen atoms in total. The fraction of sp³-hybridized carbons (Fsp3) is 0.667. The molecule has 0 bridgehead atoms. The van der Waals surface area contributed by atoms with Crippen LogP contribution in [0.25, 0.3) is 0 Å². The second kappa shape index (κ2) is 8.61. The average Bonchev–Trinajstić information content (AvgIpc) is 2.94. The van der Waals surface area contributed by atoms with E-state index in [2.05, 4.69) is 55.2 Å². The van der Waals surface area contributed by atoms with Crippen LogP contribution in [0, 0.1) is 0 Å². The Kier molecular flexibility index (Phi) is 6.78. The van der Waals surface area contributed by atoms with E-state index in [1.807, 2.05) is 0 Å². The molecule has 1 aliphatic carbocycles. The molecule has 1 aliphatic rings. The monoisotopic (exact) mass is 291 g/mol. The Bertz CT molecular complexity index is 385. The second-order valence-electron chi connectivity index (χ2n) is 6.06. The Morgan fingerprint density at radius 3 is 2.70 bits per heavy atom. The third-order valence-electron chi connectivity index (χ3n) is 4.13. The van der Waals surface area contributed by atoms with E-state index in [1.54, 1.807) is 0 Å². The van der Waals surface area contributed by atoms with Crippen molar-refractivity contribution < 1.29 is 0 Å². The second-order valence-corrected chi connectivity index (χ2v) is 7.40. The number of para-hydroxylation sites is 1. The smallest absolute Gasteiger partial charge is 0.0480 e. The quantitative estimate of drug-likeness (QED) is 0.581. The van der Waals surface area contributed by atoms with Crippen molar-refractivity contribution in [3.63, 3.8) is 0 Å². The summed E-state index contributed by atoms with van der Waals surface area (Å²) in [5.41, 5.74) is 1.34. The first-order valence-corrected chi connectivity index (χ1v) is 9.19. The maximum atomic E-state index is 3.72. The highest BCUT2D eigenvalue weighted by molar-refractivity contribution is 8.00. The van der Waals surface area contributed by atoms with Gasteiger partial charge in [0.05, 0.1) is 0 Å². The summed E-state index contributed by atoms with van der Waals surface area (Å²) in [4.78, 5) is 1.45. The highest BCUT2D eigenvalue weighted by atomic mass is 32.2. The Labute approximate surface area is 128 Å². The highest BCUT2D eigenvalue weighted by Crippen LogP contribution is 2.38. The predicted molar refractivity (Wildman–Crippen MR) is 91.8 cm³/mol. The van der Waals surface area contributed by atoms with E-state index in [4.69, 9.17) is 0 Å². The molecule has 0 aliphatic heterocycles. The molecule has 0 amide bonds. The van der Waals surface area contributed by atoms with E-state index in [0.717, 1.165) is 5.25 Å². The number of hydrogen-bond donors (Lipinski definition) is 1. The lowest BCUT2D eigenvalue weighted by Crippen LogP contribution is -2.15. The van der Waals surface area contributed by atoms with Crippen molar-refractivity contribution in [2.24, 2.45) is 0 Å². The summed E-state index contributed by atoms with van der Waals surface area (Å²) >= 11 is 2.09. The summed E-state index contributed by atoms with van der Waals surface area (Å²) in [5, 5.41) is 4.56. The third kappa shape index (κ3) is 5.05. The van der Waals surface area contributed by atoms with Gasteiger partial charge in [0.1, 0.15) is 0 Å². The molecule has 0 saturated heterocycles. The van der Waals surface area contributed by atoms with Gasteiger partial charge >= 0.3 is 0 Å². The number of anilines is 1. The van der Waals surface area contributed by atoms with Crippen molar-refractivity contribution in [2.75, 3.05) is 5.32 Å². The van der Waals surface area contributed by atoms with Crippen LogP contribution in [-0.2, 0) is 0 Å². The van der Waals surface area contributed by atoms with E-state index in [1.165, 1.54) is 61.9 Å². The lowest BCUT2D eigenvalue weighted by molar-refractivity contribution is 0.614. The van der Waals surface area contributed by atoms with Gasteiger partial charge in [-0.15, -0.1) is 11.8 Å². The van der Waals surface area contributed by atoms with Crippen molar-refractivity contribution in [1.82, 2.24) is 0 Å². The molecular formula is C18H29NS. The SMILES string of the molecule is CCCCCC(C)Nc1ccccc1SC1CCCC1. The van der Waals surface area contributed by atoms with Gasteiger partial charge in [-0.05, 0) is 38.3 Å². The van der Waals surface area contributed by atoms with Crippen molar-refractivity contribution in [3.8, 4) is 0 Å². The topological polar surface area (TPSA) is 12.0 Å². The molecular weight excluding hydrogens is 262 g/mol. The van der Waals surface area contributed by atoms with Crippen LogP contribution in [0.5, 0.6) is 0 Å². The van der Waals surface area contributed by atoms with Gasteiger partial charge in [0.2, 0.25) is 0 Å². The van der Waals surface area contributed by atoms with Gasteiger partial charge in [-0.2, -0.15) is 0 Å². The minimum Gasteiger partial charge on any atom is -0.382 e. The van der Waals surface area contributed by atoms with Crippen LogP contribution >= 0.6 is 11.8 Å². The van der Waals surface area contributed by atoms with Gasteiger partial charge in [0, 0.05) is 21.9 Å². The standard InChI is InChI=1S/C18H29NS/c1-3-4-5-10-15(2)19-17-13-8-9-14-18(17)20-16-11-6-7-12-16/h8-9,13-16,19H,3-7,10-12H2,1-2H3. The molecule has 0 heterocycles. The van der Waals surface area contributed by atoms with Crippen LogP contribution in [0.2, 0.25) is 0 Å². The minimum absolute atomic E-state index is 0.576. The Balaban J connectivity index is 1.89. The minimum atomic E-state index is 0.576. The molecule has 1 unspecified atom stereocenters. The fourth-order valence-corrected chi connectivity index (χ4v) is 4.25. The first-order valence-electron chi connectivity index (χ1n) is 8.32. The van der Waals surface area contributed by atoms with E-state index >= 15 is 0 Å². The van der Waals surface area contributed by atoms with E-state index in [9.17, 15) is 0 Å². The maximum Gasteiger partial charge on any atom is 0.0480 e. The molecule has 1 atom stereocenters. The van der Waals surface area contributed by atoms with E-state index in [-0.39, 0.29) is 0 Å². The number of nitrogens with one attached hydrogen (secondary N) is 1. The number of hydrogen-bond acceptors (Lipinski definition) is 2. The number of benzene rings is 1. The van der Waals surface area contributed by atoms with Gasteiger partial charge < -0.3 is 5.32 Å². The van der Waals surface area contributed by atoms with Gasteiger partial charge in [-0.1, -0.05) is 51.2 Å². The van der Waals surface area contributed by atoms with Crippen molar-refractivity contribution in [2.45, 2.75) is 81.4 Å². The van der Waals surface area contributed by atoms with Crippen LogP contribution < -0.4 is 5.32 Å². The molecule has 0 aromatic heterocycles. The molecule has 20 heavy (non-hydrogen) atoms. The zero-order valence-corrected chi connectivity index (χ0v) is 13.8. The zero-order valence-electron chi connectivity index (χ0n) is 13.0. The molecule has 2 rings (SSSR count). The first-order chi connectivity index (χ1) is 9.79. The summed E-state index contributed by atoms with van der Waals surface area (Å²) in [7, 11) is 0. The van der Waals surface area contributed by atoms with E-state index in [0.29, 0.717) is 6.04 Å². The summed E-state index contributed by atoms with van der Waals surface area (Å²) in [6.45, 7) is 4.58. The fourth-order valence-electron chi connectivity index (χ4n) is 2.91. The predicted octanol–water partition coefficient (Wildman–Crippen LogP) is 6.10. The van der Waals surface area contributed by atoms with Gasteiger partial charge in [-0.25, -0.2) is 0 Å². The van der Waals surface area contributed by atoms with Crippen LogP contribution in [-0.4, -0.2) is 11.3 Å². The molecule has 112 valence electrons. The summed E-state index contributed by atoms with van der Waals surface area (Å²) in [6.07, 6.45) is 10.9. The average molecular weight is 292 g/mol. The summed E-state index contributed by atoms with van der Waals surface area (Å²) in [5.74, 6) is 0. The molecule has 1 fully saturated rings. The van der Waals surface area contributed by atoms with E-state index < -0.39 is 0 Å². The van der Waals surface area contributed by atoms with Crippen molar-refractivity contribution in [3.05, 3.63) is 24.3 Å². The third-order valence-corrected chi connectivity index (χ3v) is 5.54. The summed E-state index contributed by atoms with van der Waals surface area (Å²) < 4.78 is 0. The van der Waals surface area contributed by atoms with Crippen molar-refractivity contribution >= 4 is 17.4 Å². The molecule has 1 aromatic carbocycles. The number of rotatable bonds is 8. The summed E-state index contributed by atoms with van der Waals surface area (Å²) in [6, 6.07) is 9.42. The number of thioether (sulfide) groups is 1. The Morgan fingerprint density at radius 2 is 1.95 bits per heavy atom. The van der Waals surface area contributed by atoms with Gasteiger partial charge in [0.15, 0.2) is 0 Å². The number of unbranched alkanes of at least 4 members (excludes halogenated alkanes) is 2. The normalized spacial score (nSPS) is 17.3. The Morgan fingerprint density at radius 1 is 1.20 bits per heavy atom.